The predicted octanol–water partition coefficient (Wildman–Crippen LogP) is 4.80. The van der Waals surface area contributed by atoms with Crippen LogP contribution in [0.1, 0.15) is 32.6 Å². The minimum absolute atomic E-state index is 0.0961. The van der Waals surface area contributed by atoms with E-state index in [1.54, 1.807) is 0 Å². The smallest absolute Gasteiger partial charge is 0.193 e. The molecule has 106 valence electrons. The van der Waals surface area contributed by atoms with Crippen molar-refractivity contribution in [3.05, 3.63) is 94.5 Å². The third kappa shape index (κ3) is 2.06. The van der Waals surface area contributed by atoms with Crippen LogP contribution < -0.4 is 0 Å². The molecule has 0 amide bonds. The monoisotopic (exact) mass is 284 g/mol. The normalized spacial score (nSPS) is 11.9. The Bertz CT molecular complexity index is 873. The van der Waals surface area contributed by atoms with Crippen molar-refractivity contribution in [3.8, 4) is 11.1 Å². The van der Waals surface area contributed by atoms with Crippen molar-refractivity contribution in [1.82, 2.24) is 0 Å². The molecule has 1 aliphatic carbocycles. The van der Waals surface area contributed by atoms with E-state index in [2.05, 4.69) is 36.4 Å². The molecule has 0 bridgehead atoms. The van der Waals surface area contributed by atoms with Gasteiger partial charge in [-0.2, -0.15) is 0 Å². The quantitative estimate of drug-likeness (QED) is 0.483. The summed E-state index contributed by atoms with van der Waals surface area (Å²) in [4.78, 5) is 12.6. The number of benzene rings is 3. The van der Waals surface area contributed by atoms with Crippen LogP contribution in [0.2, 0.25) is 0 Å². The third-order valence-corrected chi connectivity index (χ3v) is 4.37. The average molecular weight is 284 g/mol. The number of fused-ring (bicyclic) bond motifs is 3. The van der Waals surface area contributed by atoms with Gasteiger partial charge in [-0.05, 0) is 41.7 Å². The zero-order valence-corrected chi connectivity index (χ0v) is 12.5. The first-order valence-corrected chi connectivity index (χ1v) is 7.55. The lowest BCUT2D eigenvalue weighted by Gasteiger charge is -2.05. The van der Waals surface area contributed by atoms with E-state index in [-0.39, 0.29) is 5.78 Å². The van der Waals surface area contributed by atoms with Crippen molar-refractivity contribution in [3.63, 3.8) is 0 Å². The molecular formula is C21H16O. The molecule has 0 radical (unpaired) electrons. The zero-order chi connectivity index (χ0) is 15.1. The molecule has 1 aliphatic rings. The molecule has 0 atom stereocenters. The Balaban J connectivity index is 1.73. The maximum atomic E-state index is 12.6. The summed E-state index contributed by atoms with van der Waals surface area (Å²) in [5.41, 5.74) is 7.84. The lowest BCUT2D eigenvalue weighted by molar-refractivity contribution is 0.103. The first-order chi connectivity index (χ1) is 10.7. The van der Waals surface area contributed by atoms with Gasteiger partial charge >= 0.3 is 0 Å². The second-order valence-electron chi connectivity index (χ2n) is 5.90. The van der Waals surface area contributed by atoms with Gasteiger partial charge in [0.2, 0.25) is 0 Å². The van der Waals surface area contributed by atoms with Gasteiger partial charge in [-0.1, -0.05) is 66.2 Å². The predicted molar refractivity (Wildman–Crippen MR) is 89.3 cm³/mol. The van der Waals surface area contributed by atoms with Crippen LogP contribution in [0, 0.1) is 6.92 Å². The van der Waals surface area contributed by atoms with Crippen molar-refractivity contribution in [2.75, 3.05) is 0 Å². The molecule has 0 aromatic heterocycles. The summed E-state index contributed by atoms with van der Waals surface area (Å²) in [6.07, 6.45) is 0.917. The molecule has 0 fully saturated rings. The molecule has 3 aromatic rings. The van der Waals surface area contributed by atoms with E-state index in [0.717, 1.165) is 17.5 Å². The summed E-state index contributed by atoms with van der Waals surface area (Å²) < 4.78 is 0. The molecule has 0 saturated heterocycles. The molecule has 0 saturated carbocycles. The van der Waals surface area contributed by atoms with E-state index in [1.165, 1.54) is 27.8 Å². The standard InChI is InChI=1S/C21H16O/c1-14-6-8-15(9-7-14)21(22)17-10-11-20-18(13-17)12-16-4-2-3-5-19(16)20/h2-11,13H,12H2,1H3. The molecule has 22 heavy (non-hydrogen) atoms. The van der Waals surface area contributed by atoms with E-state index in [9.17, 15) is 4.79 Å². The lowest BCUT2D eigenvalue weighted by atomic mass is 9.98. The fraction of sp³-hybridized carbons (Fsp3) is 0.0952. The Morgan fingerprint density at radius 2 is 1.45 bits per heavy atom. The average Bonchev–Trinajstić information content (AvgIpc) is 2.92. The molecule has 3 aromatic carbocycles. The summed E-state index contributed by atoms with van der Waals surface area (Å²) in [5, 5.41) is 0. The maximum Gasteiger partial charge on any atom is 0.193 e. The third-order valence-electron chi connectivity index (χ3n) is 4.37. The summed E-state index contributed by atoms with van der Waals surface area (Å²) in [6.45, 7) is 2.03. The second kappa shape index (κ2) is 4.96. The van der Waals surface area contributed by atoms with Crippen LogP contribution in [-0.2, 0) is 6.42 Å². The van der Waals surface area contributed by atoms with Crippen LogP contribution in [0.5, 0.6) is 0 Å². The first kappa shape index (κ1) is 13.0. The highest BCUT2D eigenvalue weighted by molar-refractivity contribution is 6.09. The molecule has 0 heterocycles. The first-order valence-electron chi connectivity index (χ1n) is 7.55. The fourth-order valence-corrected chi connectivity index (χ4v) is 3.16. The number of hydrogen-bond acceptors (Lipinski definition) is 1. The van der Waals surface area contributed by atoms with Gasteiger partial charge in [0.15, 0.2) is 5.78 Å². The molecule has 0 aliphatic heterocycles. The van der Waals surface area contributed by atoms with Gasteiger partial charge in [-0.25, -0.2) is 0 Å². The summed E-state index contributed by atoms with van der Waals surface area (Å²) >= 11 is 0. The Morgan fingerprint density at radius 1 is 0.773 bits per heavy atom. The zero-order valence-electron chi connectivity index (χ0n) is 12.5. The second-order valence-corrected chi connectivity index (χ2v) is 5.90. The van der Waals surface area contributed by atoms with Crippen molar-refractivity contribution in [1.29, 1.82) is 0 Å². The number of hydrogen-bond donors (Lipinski definition) is 0. The Kier molecular flexibility index (Phi) is 2.93. The van der Waals surface area contributed by atoms with Gasteiger partial charge in [-0.3, -0.25) is 4.79 Å². The number of carbonyl (C=O) groups is 1. The van der Waals surface area contributed by atoms with E-state index >= 15 is 0 Å². The molecule has 0 spiro atoms. The molecule has 0 N–H and O–H groups in total. The van der Waals surface area contributed by atoms with E-state index < -0.39 is 0 Å². The number of carbonyl (C=O) groups excluding carboxylic acids is 1. The minimum Gasteiger partial charge on any atom is -0.289 e. The Morgan fingerprint density at radius 3 is 2.27 bits per heavy atom. The largest absolute Gasteiger partial charge is 0.289 e. The lowest BCUT2D eigenvalue weighted by Crippen LogP contribution is -2.02. The van der Waals surface area contributed by atoms with Crippen LogP contribution in [0.15, 0.2) is 66.7 Å². The molecule has 1 heteroatoms. The minimum atomic E-state index is 0.0961. The highest BCUT2D eigenvalue weighted by Crippen LogP contribution is 2.36. The van der Waals surface area contributed by atoms with Gasteiger partial charge in [0.05, 0.1) is 0 Å². The van der Waals surface area contributed by atoms with Gasteiger partial charge in [0.1, 0.15) is 0 Å². The molecule has 1 nitrogen and oxygen atoms in total. The van der Waals surface area contributed by atoms with Gasteiger partial charge in [-0.15, -0.1) is 0 Å². The van der Waals surface area contributed by atoms with Crippen LogP contribution in [-0.4, -0.2) is 5.78 Å². The maximum absolute atomic E-state index is 12.6. The number of aryl methyl sites for hydroxylation is 1. The summed E-state index contributed by atoms with van der Waals surface area (Å²) in [7, 11) is 0. The number of ketones is 1. The van der Waals surface area contributed by atoms with Gasteiger partial charge in [0.25, 0.3) is 0 Å². The van der Waals surface area contributed by atoms with Crippen molar-refractivity contribution < 1.29 is 4.79 Å². The summed E-state index contributed by atoms with van der Waals surface area (Å²) in [5.74, 6) is 0.0961. The van der Waals surface area contributed by atoms with Crippen molar-refractivity contribution in [2.45, 2.75) is 13.3 Å². The fourth-order valence-electron chi connectivity index (χ4n) is 3.16. The van der Waals surface area contributed by atoms with Crippen LogP contribution >= 0.6 is 0 Å². The molecule has 0 unspecified atom stereocenters. The van der Waals surface area contributed by atoms with Crippen LogP contribution in [0.25, 0.3) is 11.1 Å². The van der Waals surface area contributed by atoms with E-state index in [0.29, 0.717) is 0 Å². The van der Waals surface area contributed by atoms with Crippen molar-refractivity contribution >= 4 is 5.78 Å². The topological polar surface area (TPSA) is 17.1 Å². The Labute approximate surface area is 130 Å². The van der Waals surface area contributed by atoms with Gasteiger partial charge < -0.3 is 0 Å². The highest BCUT2D eigenvalue weighted by Gasteiger charge is 2.19. The highest BCUT2D eigenvalue weighted by atomic mass is 16.1. The molecular weight excluding hydrogens is 268 g/mol. The molecule has 4 rings (SSSR count). The van der Waals surface area contributed by atoms with Crippen LogP contribution in [0.3, 0.4) is 0 Å². The Hall–Kier alpha value is -2.67. The van der Waals surface area contributed by atoms with Gasteiger partial charge in [0, 0.05) is 11.1 Å². The SMILES string of the molecule is Cc1ccc(C(=O)c2ccc3c(c2)Cc2ccccc2-3)cc1. The van der Waals surface area contributed by atoms with Crippen LogP contribution in [0.4, 0.5) is 0 Å². The summed E-state index contributed by atoms with van der Waals surface area (Å²) in [6, 6.07) is 22.3. The van der Waals surface area contributed by atoms with E-state index in [4.69, 9.17) is 0 Å². The van der Waals surface area contributed by atoms with E-state index in [1.807, 2.05) is 37.3 Å². The van der Waals surface area contributed by atoms with Crippen molar-refractivity contribution in [2.24, 2.45) is 0 Å². The number of rotatable bonds is 2.